The summed E-state index contributed by atoms with van der Waals surface area (Å²) < 4.78 is 0.983. The second-order valence-electron chi connectivity index (χ2n) is 5.32. The van der Waals surface area contributed by atoms with Crippen LogP contribution in [0, 0.1) is 18.3 Å². The maximum Gasteiger partial charge on any atom is 0.142 e. The maximum absolute atomic E-state index is 9.55. The number of aromatic nitrogens is 1. The summed E-state index contributed by atoms with van der Waals surface area (Å²) in [6, 6.07) is 17.4. The SMILES string of the molecule is Cc1c(-c2ccc(Br)cc2)nc(N)c(C#N)c1-c1ccccc1Cl. The van der Waals surface area contributed by atoms with Crippen LogP contribution in [0.3, 0.4) is 0 Å². The molecular weight excluding hydrogens is 386 g/mol. The van der Waals surface area contributed by atoms with E-state index < -0.39 is 0 Å². The zero-order valence-electron chi connectivity index (χ0n) is 12.8. The number of pyridine rings is 1. The molecule has 0 radical (unpaired) electrons. The number of hydrogen-bond donors (Lipinski definition) is 1. The molecule has 1 aromatic heterocycles. The third kappa shape index (κ3) is 2.89. The van der Waals surface area contributed by atoms with Crippen LogP contribution in [-0.4, -0.2) is 4.98 Å². The summed E-state index contributed by atoms with van der Waals surface area (Å²) in [4.78, 5) is 4.46. The van der Waals surface area contributed by atoms with Crippen molar-refractivity contribution >= 4 is 33.3 Å². The Labute approximate surface area is 153 Å². The smallest absolute Gasteiger partial charge is 0.142 e. The lowest BCUT2D eigenvalue weighted by atomic mass is 9.93. The first-order chi connectivity index (χ1) is 11.5. The van der Waals surface area contributed by atoms with Crippen molar-refractivity contribution in [1.29, 1.82) is 5.26 Å². The van der Waals surface area contributed by atoms with Gasteiger partial charge in [0.2, 0.25) is 0 Å². The third-order valence-electron chi connectivity index (χ3n) is 3.84. The number of nitrogen functional groups attached to an aromatic ring is 1. The summed E-state index contributed by atoms with van der Waals surface area (Å²) in [5.74, 6) is 0.205. The van der Waals surface area contributed by atoms with Crippen molar-refractivity contribution in [2.75, 3.05) is 5.73 Å². The molecule has 0 fully saturated rings. The van der Waals surface area contributed by atoms with E-state index in [0.29, 0.717) is 10.6 Å². The van der Waals surface area contributed by atoms with Crippen molar-refractivity contribution in [3.63, 3.8) is 0 Å². The van der Waals surface area contributed by atoms with Gasteiger partial charge in [-0.05, 0) is 30.7 Å². The number of halogens is 2. The van der Waals surface area contributed by atoms with Gasteiger partial charge < -0.3 is 5.73 Å². The van der Waals surface area contributed by atoms with Crippen LogP contribution >= 0.6 is 27.5 Å². The van der Waals surface area contributed by atoms with Crippen LogP contribution in [0.5, 0.6) is 0 Å². The summed E-state index contributed by atoms with van der Waals surface area (Å²) in [6.07, 6.45) is 0. The Morgan fingerprint density at radius 1 is 1.12 bits per heavy atom. The molecule has 118 valence electrons. The van der Waals surface area contributed by atoms with Crippen molar-refractivity contribution in [3.05, 3.63) is 69.2 Å². The van der Waals surface area contributed by atoms with E-state index in [1.165, 1.54) is 0 Å². The Morgan fingerprint density at radius 3 is 2.42 bits per heavy atom. The zero-order valence-corrected chi connectivity index (χ0v) is 15.2. The number of rotatable bonds is 2. The van der Waals surface area contributed by atoms with Gasteiger partial charge in [0.25, 0.3) is 0 Å². The normalized spacial score (nSPS) is 10.4. The molecule has 5 heteroatoms. The van der Waals surface area contributed by atoms with E-state index in [9.17, 15) is 5.26 Å². The Hall–Kier alpha value is -2.35. The van der Waals surface area contributed by atoms with Crippen LogP contribution in [0.1, 0.15) is 11.1 Å². The molecule has 0 saturated carbocycles. The first-order valence-electron chi connectivity index (χ1n) is 7.24. The minimum atomic E-state index is 0.205. The van der Waals surface area contributed by atoms with E-state index in [1.54, 1.807) is 6.07 Å². The molecular formula is C19H13BrClN3. The van der Waals surface area contributed by atoms with E-state index >= 15 is 0 Å². The average Bonchev–Trinajstić information content (AvgIpc) is 2.58. The zero-order chi connectivity index (χ0) is 17.3. The van der Waals surface area contributed by atoms with Crippen LogP contribution < -0.4 is 5.73 Å². The molecule has 1 heterocycles. The second kappa shape index (κ2) is 6.64. The molecule has 0 saturated heterocycles. The lowest BCUT2D eigenvalue weighted by Gasteiger charge is -2.16. The fraction of sp³-hybridized carbons (Fsp3) is 0.0526. The highest BCUT2D eigenvalue weighted by atomic mass is 79.9. The molecule has 3 nitrogen and oxygen atoms in total. The Kier molecular flexibility index (Phi) is 4.57. The first kappa shape index (κ1) is 16.5. The monoisotopic (exact) mass is 397 g/mol. The molecule has 24 heavy (non-hydrogen) atoms. The van der Waals surface area contributed by atoms with E-state index in [1.807, 2.05) is 49.4 Å². The Bertz CT molecular complexity index is 960. The molecule has 0 bridgehead atoms. The summed E-state index contributed by atoms with van der Waals surface area (Å²) in [5.41, 5.74) is 10.5. The molecule has 0 atom stereocenters. The van der Waals surface area contributed by atoms with Gasteiger partial charge in [-0.15, -0.1) is 0 Å². The summed E-state index contributed by atoms with van der Waals surface area (Å²) in [7, 11) is 0. The van der Waals surface area contributed by atoms with Gasteiger partial charge in [0, 0.05) is 26.2 Å². The summed E-state index contributed by atoms with van der Waals surface area (Å²) >= 11 is 9.78. The first-order valence-corrected chi connectivity index (χ1v) is 8.41. The van der Waals surface area contributed by atoms with Crippen LogP contribution in [-0.2, 0) is 0 Å². The van der Waals surface area contributed by atoms with Crippen molar-refractivity contribution in [3.8, 4) is 28.5 Å². The quantitative estimate of drug-likeness (QED) is 0.611. The maximum atomic E-state index is 9.55. The second-order valence-corrected chi connectivity index (χ2v) is 6.64. The number of nitriles is 1. The lowest BCUT2D eigenvalue weighted by molar-refractivity contribution is 1.26. The van der Waals surface area contributed by atoms with E-state index in [4.69, 9.17) is 17.3 Å². The molecule has 0 spiro atoms. The predicted octanol–water partition coefficient (Wildman–Crippen LogP) is 5.59. The fourth-order valence-electron chi connectivity index (χ4n) is 2.70. The van der Waals surface area contributed by atoms with Gasteiger partial charge in [0.15, 0.2) is 0 Å². The molecule has 0 aliphatic carbocycles. The molecule has 3 rings (SSSR count). The number of nitrogens with zero attached hydrogens (tertiary/aromatic N) is 2. The largest absolute Gasteiger partial charge is 0.383 e. The van der Waals surface area contributed by atoms with Gasteiger partial charge >= 0.3 is 0 Å². The number of benzene rings is 2. The van der Waals surface area contributed by atoms with Gasteiger partial charge in [-0.3, -0.25) is 0 Å². The number of anilines is 1. The van der Waals surface area contributed by atoms with Gasteiger partial charge in [-0.25, -0.2) is 4.98 Å². The molecule has 0 aliphatic heterocycles. The van der Waals surface area contributed by atoms with Gasteiger partial charge in [0.1, 0.15) is 17.5 Å². The van der Waals surface area contributed by atoms with Crippen molar-refractivity contribution in [1.82, 2.24) is 4.98 Å². The Balaban J connectivity index is 2.34. The average molecular weight is 399 g/mol. The standard InChI is InChI=1S/C19H13BrClN3/c1-11-17(14-4-2-3-5-16(14)21)15(10-22)19(23)24-18(11)12-6-8-13(20)9-7-12/h2-9H,1H3,(H2,23,24). The number of hydrogen-bond acceptors (Lipinski definition) is 3. The minimum Gasteiger partial charge on any atom is -0.383 e. The molecule has 2 aromatic carbocycles. The summed E-state index contributed by atoms with van der Waals surface area (Å²) in [5, 5.41) is 10.1. The van der Waals surface area contributed by atoms with E-state index in [-0.39, 0.29) is 5.82 Å². The number of nitrogens with two attached hydrogens (primary N) is 1. The van der Waals surface area contributed by atoms with E-state index in [0.717, 1.165) is 32.4 Å². The predicted molar refractivity (Wildman–Crippen MR) is 102 cm³/mol. The Morgan fingerprint density at radius 2 is 1.79 bits per heavy atom. The third-order valence-corrected chi connectivity index (χ3v) is 4.70. The van der Waals surface area contributed by atoms with Gasteiger partial charge in [0.05, 0.1) is 5.69 Å². The molecule has 3 aromatic rings. The van der Waals surface area contributed by atoms with E-state index in [2.05, 4.69) is 27.0 Å². The minimum absolute atomic E-state index is 0.205. The molecule has 0 amide bonds. The van der Waals surface area contributed by atoms with Crippen LogP contribution in [0.25, 0.3) is 22.4 Å². The highest BCUT2D eigenvalue weighted by molar-refractivity contribution is 9.10. The van der Waals surface area contributed by atoms with Crippen LogP contribution in [0.4, 0.5) is 5.82 Å². The van der Waals surface area contributed by atoms with Crippen molar-refractivity contribution in [2.45, 2.75) is 6.92 Å². The topological polar surface area (TPSA) is 62.7 Å². The van der Waals surface area contributed by atoms with Crippen LogP contribution in [0.2, 0.25) is 5.02 Å². The fourth-order valence-corrected chi connectivity index (χ4v) is 3.19. The van der Waals surface area contributed by atoms with Crippen LogP contribution in [0.15, 0.2) is 53.0 Å². The van der Waals surface area contributed by atoms with Gasteiger partial charge in [-0.2, -0.15) is 5.26 Å². The van der Waals surface area contributed by atoms with Crippen molar-refractivity contribution in [2.24, 2.45) is 0 Å². The van der Waals surface area contributed by atoms with Crippen molar-refractivity contribution < 1.29 is 0 Å². The molecule has 2 N–H and O–H groups in total. The highest BCUT2D eigenvalue weighted by Gasteiger charge is 2.19. The highest BCUT2D eigenvalue weighted by Crippen LogP contribution is 2.38. The molecule has 0 unspecified atom stereocenters. The summed E-state index contributed by atoms with van der Waals surface area (Å²) in [6.45, 7) is 1.93. The van der Waals surface area contributed by atoms with Gasteiger partial charge in [-0.1, -0.05) is 57.9 Å². The molecule has 0 aliphatic rings. The lowest BCUT2D eigenvalue weighted by Crippen LogP contribution is -2.03.